The Morgan fingerprint density at radius 3 is 2.77 bits per heavy atom. The van der Waals surface area contributed by atoms with E-state index in [1.807, 2.05) is 12.3 Å². The van der Waals surface area contributed by atoms with Crippen molar-refractivity contribution >= 4 is 33.1 Å². The van der Waals surface area contributed by atoms with Gasteiger partial charge in [-0.25, -0.2) is 4.98 Å². The highest BCUT2D eigenvalue weighted by molar-refractivity contribution is 7.13. The molecular weight excluding hydrogens is 458 g/mol. The van der Waals surface area contributed by atoms with E-state index in [4.69, 9.17) is 19.4 Å². The fourth-order valence-electron chi connectivity index (χ4n) is 4.90. The molecule has 5 rings (SSSR count). The van der Waals surface area contributed by atoms with Crippen molar-refractivity contribution in [1.82, 2.24) is 14.9 Å². The number of ether oxygens (including phenoxy) is 2. The molecule has 4 heterocycles. The molecule has 0 atom stereocenters. The molecule has 2 saturated heterocycles. The fourth-order valence-corrected chi connectivity index (χ4v) is 5.77. The number of aryl methyl sites for hydroxylation is 1. The van der Waals surface area contributed by atoms with Gasteiger partial charge in [-0.1, -0.05) is 19.9 Å². The molecule has 0 unspecified atom stereocenters. The van der Waals surface area contributed by atoms with Gasteiger partial charge in [0.2, 0.25) is 0 Å². The summed E-state index contributed by atoms with van der Waals surface area (Å²) in [5.74, 6) is 1.47. The first-order valence-corrected chi connectivity index (χ1v) is 13.7. The first-order chi connectivity index (χ1) is 17.1. The Morgan fingerprint density at radius 2 is 1.94 bits per heavy atom. The molecule has 2 fully saturated rings. The van der Waals surface area contributed by atoms with Crippen LogP contribution in [0.2, 0.25) is 0 Å². The number of rotatable bonds is 7. The Morgan fingerprint density at radius 1 is 1.09 bits per heavy atom. The third-order valence-corrected chi connectivity index (χ3v) is 7.63. The maximum atomic E-state index is 6.40. The minimum atomic E-state index is 0.474. The number of morpholine rings is 1. The second kappa shape index (κ2) is 11.1. The number of hydrogen-bond acceptors (Lipinski definition) is 8. The van der Waals surface area contributed by atoms with Crippen molar-refractivity contribution in [1.29, 1.82) is 0 Å². The Hall–Kier alpha value is -2.42. The summed E-state index contributed by atoms with van der Waals surface area (Å²) in [5.41, 5.74) is 4.56. The maximum Gasteiger partial charge on any atom is 0.185 e. The normalized spacial score (nSPS) is 17.8. The predicted molar refractivity (Wildman–Crippen MR) is 144 cm³/mol. The average Bonchev–Trinajstić information content (AvgIpc) is 3.21. The summed E-state index contributed by atoms with van der Waals surface area (Å²) < 4.78 is 11.9. The Labute approximate surface area is 212 Å². The molecule has 2 aromatic heterocycles. The van der Waals surface area contributed by atoms with Crippen molar-refractivity contribution in [2.45, 2.75) is 33.7 Å². The summed E-state index contributed by atoms with van der Waals surface area (Å²) in [5, 5.41) is 4.53. The quantitative estimate of drug-likeness (QED) is 0.475. The molecule has 35 heavy (non-hydrogen) atoms. The van der Waals surface area contributed by atoms with Crippen molar-refractivity contribution < 1.29 is 9.47 Å². The Kier molecular flexibility index (Phi) is 7.70. The van der Waals surface area contributed by atoms with Gasteiger partial charge >= 0.3 is 0 Å². The predicted octanol–water partition coefficient (Wildman–Crippen LogP) is 4.58. The van der Waals surface area contributed by atoms with E-state index in [0.29, 0.717) is 12.5 Å². The molecule has 0 amide bonds. The van der Waals surface area contributed by atoms with E-state index < -0.39 is 0 Å². The highest BCUT2D eigenvalue weighted by atomic mass is 32.1. The second-order valence-corrected chi connectivity index (χ2v) is 10.8. The lowest BCUT2D eigenvalue weighted by Gasteiger charge is -2.28. The van der Waals surface area contributed by atoms with Gasteiger partial charge in [0.1, 0.15) is 11.4 Å². The van der Waals surface area contributed by atoms with E-state index in [2.05, 4.69) is 53.0 Å². The molecule has 0 saturated carbocycles. The first-order valence-electron chi connectivity index (χ1n) is 12.8. The number of pyridine rings is 1. The number of nitrogens with zero attached hydrogens (tertiary/aromatic N) is 5. The number of thiazole rings is 1. The third-order valence-electron chi connectivity index (χ3n) is 6.68. The van der Waals surface area contributed by atoms with E-state index in [9.17, 15) is 0 Å². The summed E-state index contributed by atoms with van der Waals surface area (Å²) in [4.78, 5) is 17.1. The van der Waals surface area contributed by atoms with E-state index in [1.54, 1.807) is 11.3 Å². The van der Waals surface area contributed by atoms with Gasteiger partial charge in [-0.2, -0.15) is 0 Å². The van der Waals surface area contributed by atoms with Gasteiger partial charge < -0.3 is 19.3 Å². The summed E-state index contributed by atoms with van der Waals surface area (Å²) >= 11 is 1.76. The van der Waals surface area contributed by atoms with Gasteiger partial charge in [-0.15, -0.1) is 11.3 Å². The average molecular weight is 496 g/mol. The molecule has 0 spiro atoms. The molecule has 1 aromatic carbocycles. The standard InChI is InChI=1S/C27H37N5O2S/c1-20(2)18-34-26-21(3)16-22-6-4-7-28-24(22)25(26)31-9-5-8-30(10-11-31)17-23-19-35-27(29-23)32-12-14-33-15-13-32/h4,6-7,16,19-20H,5,8-15,17-18H2,1-3H3. The topological polar surface area (TPSA) is 54.0 Å². The van der Waals surface area contributed by atoms with Crippen LogP contribution < -0.4 is 14.5 Å². The van der Waals surface area contributed by atoms with Crippen molar-refractivity contribution in [2.24, 2.45) is 5.92 Å². The van der Waals surface area contributed by atoms with Gasteiger partial charge in [0.05, 0.1) is 31.0 Å². The summed E-state index contributed by atoms with van der Waals surface area (Å²) in [7, 11) is 0. The van der Waals surface area contributed by atoms with Gasteiger partial charge in [0, 0.05) is 62.8 Å². The van der Waals surface area contributed by atoms with E-state index in [-0.39, 0.29) is 0 Å². The lowest BCUT2D eigenvalue weighted by molar-refractivity contribution is 0.122. The van der Waals surface area contributed by atoms with Crippen LogP contribution in [0.3, 0.4) is 0 Å². The van der Waals surface area contributed by atoms with Gasteiger partial charge in [0.15, 0.2) is 5.13 Å². The fraction of sp³-hybridized carbons (Fsp3) is 0.556. The van der Waals surface area contributed by atoms with Crippen molar-refractivity contribution in [2.75, 3.05) is 68.9 Å². The van der Waals surface area contributed by atoms with E-state index in [0.717, 1.165) is 87.5 Å². The monoisotopic (exact) mass is 495 g/mol. The smallest absolute Gasteiger partial charge is 0.185 e. The highest BCUT2D eigenvalue weighted by Crippen LogP contribution is 2.39. The molecule has 0 aliphatic carbocycles. The Bertz CT molecular complexity index is 1130. The molecule has 0 bridgehead atoms. The molecule has 188 valence electrons. The maximum absolute atomic E-state index is 6.40. The number of hydrogen-bond donors (Lipinski definition) is 0. The minimum Gasteiger partial charge on any atom is -0.491 e. The summed E-state index contributed by atoms with van der Waals surface area (Å²) in [6, 6.07) is 6.38. The van der Waals surface area contributed by atoms with Crippen LogP contribution >= 0.6 is 11.3 Å². The van der Waals surface area contributed by atoms with Crippen LogP contribution in [0.1, 0.15) is 31.5 Å². The molecule has 3 aromatic rings. The van der Waals surface area contributed by atoms with Crippen LogP contribution in [-0.2, 0) is 11.3 Å². The SMILES string of the molecule is Cc1cc2cccnc2c(N2CCCN(Cc3csc(N4CCOCC4)n3)CC2)c1OCC(C)C. The molecule has 7 nitrogen and oxygen atoms in total. The van der Waals surface area contributed by atoms with Crippen molar-refractivity contribution in [3.63, 3.8) is 0 Å². The first kappa shape index (κ1) is 24.3. The minimum absolute atomic E-state index is 0.474. The van der Waals surface area contributed by atoms with Crippen LogP contribution in [0.25, 0.3) is 10.9 Å². The number of benzene rings is 1. The van der Waals surface area contributed by atoms with Crippen LogP contribution in [0.4, 0.5) is 10.8 Å². The van der Waals surface area contributed by atoms with Gasteiger partial charge in [-0.05, 0) is 37.0 Å². The zero-order chi connectivity index (χ0) is 24.2. The van der Waals surface area contributed by atoms with Crippen LogP contribution in [0.15, 0.2) is 29.8 Å². The van der Waals surface area contributed by atoms with E-state index in [1.165, 1.54) is 16.6 Å². The van der Waals surface area contributed by atoms with Crippen molar-refractivity contribution in [3.05, 3.63) is 41.0 Å². The Balaban J connectivity index is 1.32. The largest absolute Gasteiger partial charge is 0.491 e. The molecule has 0 radical (unpaired) electrons. The zero-order valence-electron chi connectivity index (χ0n) is 21.2. The highest BCUT2D eigenvalue weighted by Gasteiger charge is 2.24. The molecule has 2 aliphatic heterocycles. The summed E-state index contributed by atoms with van der Waals surface area (Å²) in [6.45, 7) is 15.6. The number of anilines is 2. The van der Waals surface area contributed by atoms with Gasteiger partial charge in [-0.3, -0.25) is 9.88 Å². The van der Waals surface area contributed by atoms with E-state index >= 15 is 0 Å². The van der Waals surface area contributed by atoms with Crippen LogP contribution in [0, 0.1) is 12.8 Å². The molecule has 0 N–H and O–H groups in total. The van der Waals surface area contributed by atoms with Gasteiger partial charge in [0.25, 0.3) is 0 Å². The number of aromatic nitrogens is 2. The molecule has 8 heteroatoms. The zero-order valence-corrected chi connectivity index (χ0v) is 22.0. The molecule has 2 aliphatic rings. The third kappa shape index (κ3) is 5.71. The lowest BCUT2D eigenvalue weighted by atomic mass is 10.1. The molecular formula is C27H37N5O2S. The lowest BCUT2D eigenvalue weighted by Crippen LogP contribution is -2.36. The van der Waals surface area contributed by atoms with Crippen LogP contribution in [-0.4, -0.2) is 74.0 Å². The summed E-state index contributed by atoms with van der Waals surface area (Å²) in [6.07, 6.45) is 3.00. The second-order valence-electron chi connectivity index (χ2n) is 9.99. The number of fused-ring (bicyclic) bond motifs is 1. The van der Waals surface area contributed by atoms with Crippen LogP contribution in [0.5, 0.6) is 5.75 Å². The van der Waals surface area contributed by atoms with Crippen molar-refractivity contribution in [3.8, 4) is 5.75 Å².